The molecule has 0 amide bonds. The highest BCUT2D eigenvalue weighted by Gasteiger charge is 2.03. The second kappa shape index (κ2) is 45.7. The lowest BCUT2D eigenvalue weighted by Crippen LogP contribution is -2.16. The summed E-state index contributed by atoms with van der Waals surface area (Å²) < 4.78 is 58.4. The standard InChI is InChI=1S/C39H76O13/c1-3-4-5-6-7-8-9-10-11-12-13-14-15-16-17-18-38(40)52-36-35-50-32-31-48-28-27-46-24-23-44-20-19-43-21-22-45-25-26-47-29-30-49-33-34-51-37-39(41)42-2/h3-37H2,1-2H3. The fourth-order valence-electron chi connectivity index (χ4n) is 4.90. The van der Waals surface area contributed by atoms with E-state index in [1.165, 1.54) is 90.6 Å². The van der Waals surface area contributed by atoms with Crippen LogP contribution in [0.5, 0.6) is 0 Å². The summed E-state index contributed by atoms with van der Waals surface area (Å²) in [6.07, 6.45) is 20.2. The van der Waals surface area contributed by atoms with Crippen molar-refractivity contribution in [1.29, 1.82) is 0 Å². The highest BCUT2D eigenvalue weighted by atomic mass is 16.6. The van der Waals surface area contributed by atoms with Crippen LogP contribution in [0.15, 0.2) is 0 Å². The Morgan fingerprint density at radius 2 is 0.596 bits per heavy atom. The van der Waals surface area contributed by atoms with Gasteiger partial charge in [-0.05, 0) is 6.42 Å². The van der Waals surface area contributed by atoms with Crippen LogP contribution in [0.2, 0.25) is 0 Å². The number of esters is 2. The molecule has 0 saturated carbocycles. The summed E-state index contributed by atoms with van der Waals surface area (Å²) in [4.78, 5) is 22.8. The minimum Gasteiger partial charge on any atom is -0.467 e. The third kappa shape index (κ3) is 44.7. The van der Waals surface area contributed by atoms with Crippen molar-refractivity contribution in [2.24, 2.45) is 0 Å². The Morgan fingerprint density at radius 1 is 0.327 bits per heavy atom. The molecular weight excluding hydrogens is 676 g/mol. The van der Waals surface area contributed by atoms with Gasteiger partial charge >= 0.3 is 11.9 Å². The first-order valence-corrected chi connectivity index (χ1v) is 20.1. The van der Waals surface area contributed by atoms with Crippen molar-refractivity contribution >= 4 is 11.9 Å². The summed E-state index contributed by atoms with van der Waals surface area (Å²) in [5, 5.41) is 0. The molecule has 0 aromatic heterocycles. The zero-order chi connectivity index (χ0) is 37.7. The maximum absolute atomic E-state index is 11.9. The van der Waals surface area contributed by atoms with Gasteiger partial charge in [0, 0.05) is 6.42 Å². The van der Waals surface area contributed by atoms with E-state index in [0.717, 1.165) is 12.8 Å². The first kappa shape index (κ1) is 50.6. The third-order valence-corrected chi connectivity index (χ3v) is 7.90. The number of unbranched alkanes of at least 4 members (excludes halogenated alkanes) is 14. The van der Waals surface area contributed by atoms with Crippen molar-refractivity contribution in [1.82, 2.24) is 0 Å². The molecule has 0 heterocycles. The van der Waals surface area contributed by atoms with Gasteiger partial charge in [0.1, 0.15) is 13.2 Å². The third-order valence-electron chi connectivity index (χ3n) is 7.90. The monoisotopic (exact) mass is 753 g/mol. The maximum atomic E-state index is 11.9. The summed E-state index contributed by atoms with van der Waals surface area (Å²) in [6.45, 7) is 10.2. The van der Waals surface area contributed by atoms with Crippen LogP contribution in [0.4, 0.5) is 0 Å². The summed E-state index contributed by atoms with van der Waals surface area (Å²) in [5.41, 5.74) is 0. The van der Waals surface area contributed by atoms with Gasteiger partial charge in [0.2, 0.25) is 0 Å². The van der Waals surface area contributed by atoms with Crippen molar-refractivity contribution in [3.05, 3.63) is 0 Å². The van der Waals surface area contributed by atoms with Crippen LogP contribution < -0.4 is 0 Å². The SMILES string of the molecule is CCCCCCCCCCCCCCCCCC(=O)OCCOCCOCCOCCOCCOCCOCCOCCOCCOCC(=O)OC. The first-order valence-electron chi connectivity index (χ1n) is 20.1. The fraction of sp³-hybridized carbons (Fsp3) is 0.949. The van der Waals surface area contributed by atoms with Crippen LogP contribution in [0.3, 0.4) is 0 Å². The molecule has 0 aromatic carbocycles. The molecule has 0 aliphatic carbocycles. The molecule has 0 spiro atoms. The Balaban J connectivity index is 3.14. The predicted octanol–water partition coefficient (Wildman–Crippen LogP) is 6.11. The molecule has 0 unspecified atom stereocenters. The Bertz CT molecular complexity index is 714. The van der Waals surface area contributed by atoms with Crippen LogP contribution in [0, 0.1) is 0 Å². The molecule has 0 atom stereocenters. The number of hydrogen-bond donors (Lipinski definition) is 0. The molecule has 52 heavy (non-hydrogen) atoms. The molecule has 0 aromatic rings. The van der Waals surface area contributed by atoms with E-state index in [4.69, 9.17) is 47.4 Å². The van der Waals surface area contributed by atoms with Crippen molar-refractivity contribution in [2.45, 2.75) is 110 Å². The topological polar surface area (TPSA) is 136 Å². The van der Waals surface area contributed by atoms with Gasteiger partial charge in [-0.25, -0.2) is 4.79 Å². The summed E-state index contributed by atoms with van der Waals surface area (Å²) >= 11 is 0. The summed E-state index contributed by atoms with van der Waals surface area (Å²) in [5.74, 6) is -0.542. The van der Waals surface area contributed by atoms with Gasteiger partial charge in [-0.1, -0.05) is 96.8 Å². The number of carbonyl (C=O) groups is 2. The van der Waals surface area contributed by atoms with E-state index in [0.29, 0.717) is 119 Å². The smallest absolute Gasteiger partial charge is 0.331 e. The lowest BCUT2D eigenvalue weighted by Gasteiger charge is -2.09. The largest absolute Gasteiger partial charge is 0.467 e. The van der Waals surface area contributed by atoms with Crippen molar-refractivity contribution in [3.63, 3.8) is 0 Å². The lowest BCUT2D eigenvalue weighted by molar-refractivity contribution is -0.146. The van der Waals surface area contributed by atoms with Gasteiger partial charge in [0.15, 0.2) is 0 Å². The summed E-state index contributed by atoms with van der Waals surface area (Å²) in [7, 11) is 1.32. The molecule has 0 aliphatic heterocycles. The van der Waals surface area contributed by atoms with Crippen molar-refractivity contribution in [2.75, 3.05) is 133 Å². The van der Waals surface area contributed by atoms with Crippen LogP contribution >= 0.6 is 0 Å². The molecule has 13 heteroatoms. The van der Waals surface area contributed by atoms with Gasteiger partial charge in [-0.2, -0.15) is 0 Å². The molecule has 310 valence electrons. The number of carbonyl (C=O) groups excluding carboxylic acids is 2. The number of rotatable bonds is 45. The number of ether oxygens (including phenoxy) is 11. The molecule has 13 nitrogen and oxygen atoms in total. The van der Waals surface area contributed by atoms with Gasteiger partial charge in [-0.3, -0.25) is 4.79 Å². The minimum atomic E-state index is -0.408. The average Bonchev–Trinajstić information content (AvgIpc) is 3.15. The van der Waals surface area contributed by atoms with E-state index >= 15 is 0 Å². The van der Waals surface area contributed by atoms with E-state index in [-0.39, 0.29) is 19.2 Å². The Kier molecular flexibility index (Phi) is 44.5. The molecule has 0 saturated heterocycles. The molecule has 0 N–H and O–H groups in total. The van der Waals surface area contributed by atoms with Gasteiger partial charge < -0.3 is 52.1 Å². The Morgan fingerprint density at radius 3 is 0.904 bits per heavy atom. The second-order valence-electron chi connectivity index (χ2n) is 12.4. The molecular formula is C39H76O13. The van der Waals surface area contributed by atoms with Gasteiger partial charge in [0.05, 0.1) is 119 Å². The van der Waals surface area contributed by atoms with Crippen LogP contribution in [0.25, 0.3) is 0 Å². The zero-order valence-corrected chi connectivity index (χ0v) is 33.1. The van der Waals surface area contributed by atoms with Gasteiger partial charge in [-0.15, -0.1) is 0 Å². The van der Waals surface area contributed by atoms with Crippen LogP contribution in [-0.2, 0) is 61.7 Å². The molecule has 0 radical (unpaired) electrons. The van der Waals surface area contributed by atoms with E-state index < -0.39 is 5.97 Å². The molecule has 0 fully saturated rings. The quantitative estimate of drug-likeness (QED) is 0.0523. The van der Waals surface area contributed by atoms with Crippen molar-refractivity contribution < 1.29 is 61.7 Å². The van der Waals surface area contributed by atoms with E-state index in [1.807, 2.05) is 0 Å². The maximum Gasteiger partial charge on any atom is 0.331 e. The Hall–Kier alpha value is -1.42. The lowest BCUT2D eigenvalue weighted by atomic mass is 10.0. The fourth-order valence-corrected chi connectivity index (χ4v) is 4.90. The highest BCUT2D eigenvalue weighted by molar-refractivity contribution is 5.70. The minimum absolute atomic E-state index is 0.0714. The van der Waals surface area contributed by atoms with Crippen LogP contribution in [0.1, 0.15) is 110 Å². The molecule has 0 rings (SSSR count). The van der Waals surface area contributed by atoms with E-state index in [2.05, 4.69) is 11.7 Å². The first-order chi connectivity index (χ1) is 25.7. The summed E-state index contributed by atoms with van der Waals surface area (Å²) in [6, 6.07) is 0. The normalized spacial score (nSPS) is 11.3. The highest BCUT2D eigenvalue weighted by Crippen LogP contribution is 2.13. The van der Waals surface area contributed by atoms with Crippen molar-refractivity contribution in [3.8, 4) is 0 Å². The number of hydrogen-bond acceptors (Lipinski definition) is 13. The zero-order valence-electron chi connectivity index (χ0n) is 33.1. The van der Waals surface area contributed by atoms with E-state index in [1.54, 1.807) is 0 Å². The van der Waals surface area contributed by atoms with E-state index in [9.17, 15) is 9.59 Å². The predicted molar refractivity (Wildman–Crippen MR) is 200 cm³/mol. The van der Waals surface area contributed by atoms with Crippen LogP contribution in [-0.4, -0.2) is 145 Å². The second-order valence-corrected chi connectivity index (χ2v) is 12.4. The van der Waals surface area contributed by atoms with Gasteiger partial charge in [0.25, 0.3) is 0 Å². The number of methoxy groups -OCH3 is 1. The molecule has 0 aliphatic rings. The average molecular weight is 753 g/mol. The Labute approximate surface area is 315 Å². The molecule has 0 bridgehead atoms.